The van der Waals surface area contributed by atoms with Gasteiger partial charge in [-0.05, 0) is 36.5 Å². The molecule has 0 spiro atoms. The van der Waals surface area contributed by atoms with E-state index < -0.39 is 0 Å². The monoisotopic (exact) mass is 383 g/mol. The molecular formula is C18H30FN5OS+2. The minimum atomic E-state index is -0.308. The standard InChI is InChI=1S/C18H28FN5OS/c1-22(2)9-3-8-20-18(26)24-12-10-23(11-13-24)14-17(25)21-16-6-4-15(19)5-7-16/h4-7H,3,8-14H2,1-2H3,(H,20,26)(H,21,25)/p+2. The quantitative estimate of drug-likeness (QED) is 0.338. The van der Waals surface area contributed by atoms with Crippen molar-refractivity contribution in [3.05, 3.63) is 30.1 Å². The van der Waals surface area contributed by atoms with Crippen molar-refractivity contribution < 1.29 is 19.0 Å². The molecule has 0 saturated carbocycles. The zero-order chi connectivity index (χ0) is 18.9. The lowest BCUT2D eigenvalue weighted by atomic mass is 10.3. The lowest BCUT2D eigenvalue weighted by Crippen LogP contribution is -3.15. The average molecular weight is 384 g/mol. The van der Waals surface area contributed by atoms with Crippen molar-refractivity contribution in [2.45, 2.75) is 6.42 Å². The Hall–Kier alpha value is -1.77. The van der Waals surface area contributed by atoms with Gasteiger partial charge in [-0.3, -0.25) is 4.79 Å². The predicted octanol–water partition coefficient (Wildman–Crippen LogP) is -1.63. The summed E-state index contributed by atoms with van der Waals surface area (Å²) in [5.41, 5.74) is 0.624. The van der Waals surface area contributed by atoms with Crippen LogP contribution in [0.1, 0.15) is 6.42 Å². The number of nitrogens with zero attached hydrogens (tertiary/aromatic N) is 1. The van der Waals surface area contributed by atoms with E-state index in [1.54, 1.807) is 12.1 Å². The average Bonchev–Trinajstić information content (AvgIpc) is 2.61. The molecule has 1 aromatic rings. The lowest BCUT2D eigenvalue weighted by molar-refractivity contribution is -0.895. The highest BCUT2D eigenvalue weighted by molar-refractivity contribution is 7.80. The summed E-state index contributed by atoms with van der Waals surface area (Å²) in [6.45, 7) is 5.89. The summed E-state index contributed by atoms with van der Waals surface area (Å²) in [6.07, 6.45) is 1.09. The van der Waals surface area contributed by atoms with E-state index in [-0.39, 0.29) is 11.7 Å². The maximum Gasteiger partial charge on any atom is 0.279 e. The molecule has 1 aliphatic heterocycles. The number of anilines is 1. The number of rotatable bonds is 7. The van der Waals surface area contributed by atoms with Crippen molar-refractivity contribution in [3.63, 3.8) is 0 Å². The van der Waals surface area contributed by atoms with E-state index in [0.29, 0.717) is 12.2 Å². The number of carbonyl (C=O) groups is 1. The van der Waals surface area contributed by atoms with Crippen molar-refractivity contribution in [2.75, 3.05) is 65.2 Å². The highest BCUT2D eigenvalue weighted by Crippen LogP contribution is 2.07. The van der Waals surface area contributed by atoms with E-state index in [0.717, 1.165) is 50.8 Å². The molecule has 0 bridgehead atoms. The van der Waals surface area contributed by atoms with Crippen LogP contribution in [-0.2, 0) is 4.79 Å². The number of nitrogens with one attached hydrogen (secondary N) is 4. The van der Waals surface area contributed by atoms with Gasteiger partial charge in [0.25, 0.3) is 5.91 Å². The van der Waals surface area contributed by atoms with Gasteiger partial charge in [-0.1, -0.05) is 0 Å². The second-order valence-electron chi connectivity index (χ2n) is 7.01. The number of hydrogen-bond acceptors (Lipinski definition) is 2. The first-order valence-electron chi connectivity index (χ1n) is 9.15. The van der Waals surface area contributed by atoms with Gasteiger partial charge in [0.05, 0.1) is 46.8 Å². The van der Waals surface area contributed by atoms with Gasteiger partial charge in [-0.25, -0.2) is 4.39 Å². The summed E-state index contributed by atoms with van der Waals surface area (Å²) < 4.78 is 12.9. The third kappa shape index (κ3) is 7.23. The molecule has 26 heavy (non-hydrogen) atoms. The second kappa shape index (κ2) is 10.4. The molecule has 0 unspecified atom stereocenters. The molecule has 0 radical (unpaired) electrons. The molecule has 1 aliphatic rings. The van der Waals surface area contributed by atoms with Gasteiger partial charge in [-0.2, -0.15) is 0 Å². The summed E-state index contributed by atoms with van der Waals surface area (Å²) in [5, 5.41) is 6.95. The van der Waals surface area contributed by atoms with Crippen LogP contribution >= 0.6 is 12.2 Å². The van der Waals surface area contributed by atoms with Crippen LogP contribution in [0.25, 0.3) is 0 Å². The number of amides is 1. The summed E-state index contributed by atoms with van der Waals surface area (Å²) in [4.78, 5) is 17.0. The highest BCUT2D eigenvalue weighted by atomic mass is 32.1. The van der Waals surface area contributed by atoms with Crippen LogP contribution in [0.3, 0.4) is 0 Å². The summed E-state index contributed by atoms with van der Waals surface area (Å²) in [6, 6.07) is 5.83. The van der Waals surface area contributed by atoms with Gasteiger partial charge < -0.3 is 25.3 Å². The molecule has 0 atom stereocenters. The second-order valence-corrected chi connectivity index (χ2v) is 7.40. The molecule has 144 valence electrons. The fraction of sp³-hybridized carbons (Fsp3) is 0.556. The number of quaternary nitrogens is 2. The Bertz CT molecular complexity index is 588. The van der Waals surface area contributed by atoms with E-state index in [1.807, 2.05) is 0 Å². The number of hydrogen-bond donors (Lipinski definition) is 4. The van der Waals surface area contributed by atoms with E-state index in [4.69, 9.17) is 12.2 Å². The molecular weight excluding hydrogens is 353 g/mol. The molecule has 0 aliphatic carbocycles. The van der Waals surface area contributed by atoms with Crippen molar-refractivity contribution >= 4 is 28.9 Å². The molecule has 1 fully saturated rings. The molecule has 1 heterocycles. The van der Waals surface area contributed by atoms with Gasteiger partial charge >= 0.3 is 0 Å². The number of benzene rings is 1. The maximum atomic E-state index is 12.9. The van der Waals surface area contributed by atoms with Gasteiger partial charge in [0.1, 0.15) is 5.82 Å². The molecule has 4 N–H and O–H groups in total. The number of carbonyl (C=O) groups excluding carboxylic acids is 1. The summed E-state index contributed by atoms with van der Waals surface area (Å²) in [5.74, 6) is -0.357. The van der Waals surface area contributed by atoms with Crippen molar-refractivity contribution in [3.8, 4) is 0 Å². The summed E-state index contributed by atoms with van der Waals surface area (Å²) in [7, 11) is 4.29. The van der Waals surface area contributed by atoms with Crippen LogP contribution in [0.4, 0.5) is 10.1 Å². The third-order valence-electron chi connectivity index (χ3n) is 4.43. The molecule has 1 amide bonds. The zero-order valence-electron chi connectivity index (χ0n) is 15.6. The fourth-order valence-corrected chi connectivity index (χ4v) is 3.20. The smallest absolute Gasteiger partial charge is 0.279 e. The molecule has 0 aromatic heterocycles. The topological polar surface area (TPSA) is 53.2 Å². The van der Waals surface area contributed by atoms with Crippen molar-refractivity contribution in [1.29, 1.82) is 0 Å². The minimum absolute atomic E-state index is 0.0491. The molecule has 1 saturated heterocycles. The Morgan fingerprint density at radius 2 is 1.92 bits per heavy atom. The van der Waals surface area contributed by atoms with E-state index >= 15 is 0 Å². The van der Waals surface area contributed by atoms with Crippen LogP contribution in [0.5, 0.6) is 0 Å². The molecule has 2 rings (SSSR count). The maximum absolute atomic E-state index is 12.9. The van der Waals surface area contributed by atoms with Gasteiger partial charge in [0.2, 0.25) is 0 Å². The van der Waals surface area contributed by atoms with Crippen molar-refractivity contribution in [1.82, 2.24) is 10.2 Å². The van der Waals surface area contributed by atoms with Gasteiger partial charge in [0, 0.05) is 18.7 Å². The first kappa shape index (κ1) is 20.5. The Kier molecular flexibility index (Phi) is 8.21. The largest absolute Gasteiger partial charge is 0.362 e. The van der Waals surface area contributed by atoms with Gasteiger partial charge in [0.15, 0.2) is 11.7 Å². The van der Waals surface area contributed by atoms with Crippen LogP contribution in [0, 0.1) is 5.82 Å². The molecule has 1 aromatic carbocycles. The minimum Gasteiger partial charge on any atom is -0.362 e. The first-order chi connectivity index (χ1) is 12.4. The molecule has 6 nitrogen and oxygen atoms in total. The van der Waals surface area contributed by atoms with Crippen molar-refractivity contribution in [2.24, 2.45) is 0 Å². The lowest BCUT2D eigenvalue weighted by Gasteiger charge is -2.33. The fourth-order valence-electron chi connectivity index (χ4n) is 2.92. The highest BCUT2D eigenvalue weighted by Gasteiger charge is 2.23. The SMILES string of the molecule is C[NH+](C)CCCNC(=S)N1CC[NH+](CC(=O)Nc2ccc(F)cc2)CC1. The number of piperazine rings is 1. The first-order valence-corrected chi connectivity index (χ1v) is 9.55. The Balaban J connectivity index is 1.65. The predicted molar refractivity (Wildman–Crippen MR) is 105 cm³/mol. The van der Waals surface area contributed by atoms with E-state index in [2.05, 4.69) is 29.6 Å². The van der Waals surface area contributed by atoms with Crippen LogP contribution in [-0.4, -0.2) is 75.8 Å². The Morgan fingerprint density at radius 3 is 2.54 bits per heavy atom. The van der Waals surface area contributed by atoms with Crippen LogP contribution in [0.15, 0.2) is 24.3 Å². The zero-order valence-corrected chi connectivity index (χ0v) is 16.4. The number of halogens is 1. The van der Waals surface area contributed by atoms with Gasteiger partial charge in [-0.15, -0.1) is 0 Å². The van der Waals surface area contributed by atoms with Crippen LogP contribution in [0.2, 0.25) is 0 Å². The number of thiocarbonyl (C=S) groups is 1. The Labute approximate surface area is 160 Å². The van der Waals surface area contributed by atoms with E-state index in [1.165, 1.54) is 21.9 Å². The van der Waals surface area contributed by atoms with Crippen LogP contribution < -0.4 is 20.4 Å². The van der Waals surface area contributed by atoms with E-state index in [9.17, 15) is 9.18 Å². The molecule has 8 heteroatoms. The Morgan fingerprint density at radius 1 is 1.27 bits per heavy atom. The summed E-state index contributed by atoms with van der Waals surface area (Å²) >= 11 is 5.47. The normalized spacial score (nSPS) is 15.2. The third-order valence-corrected chi connectivity index (χ3v) is 4.83.